The first-order chi connectivity index (χ1) is 8.88. The fourth-order valence-electron chi connectivity index (χ4n) is 1.51. The van der Waals surface area contributed by atoms with Gasteiger partial charge in [0.1, 0.15) is 6.04 Å². The number of hydrogen-bond donors (Lipinski definition) is 3. The Labute approximate surface area is 110 Å². The van der Waals surface area contributed by atoms with Crippen LogP contribution in [0.5, 0.6) is 0 Å². The zero-order valence-electron chi connectivity index (χ0n) is 10.4. The number of nitrogens with one attached hydrogen (secondary N) is 1. The first-order valence-corrected chi connectivity index (χ1v) is 5.68. The van der Waals surface area contributed by atoms with Gasteiger partial charge in [-0.2, -0.15) is 0 Å². The number of amides is 1. The van der Waals surface area contributed by atoms with Gasteiger partial charge in [-0.1, -0.05) is 29.8 Å². The minimum absolute atomic E-state index is 0.0175. The molecule has 1 amide bonds. The van der Waals surface area contributed by atoms with Crippen LogP contribution in [-0.4, -0.2) is 34.1 Å². The second-order valence-electron chi connectivity index (χ2n) is 4.22. The number of benzene rings is 1. The van der Waals surface area contributed by atoms with Crippen molar-refractivity contribution < 1.29 is 24.6 Å². The predicted molar refractivity (Wildman–Crippen MR) is 66.7 cm³/mol. The Morgan fingerprint density at radius 3 is 2.21 bits per heavy atom. The van der Waals surface area contributed by atoms with Crippen molar-refractivity contribution in [2.24, 2.45) is 0 Å². The normalized spacial score (nSPS) is 11.6. The molecule has 0 heterocycles. The molecule has 3 N–H and O–H groups in total. The molecule has 0 aliphatic rings. The van der Waals surface area contributed by atoms with E-state index >= 15 is 0 Å². The molecular formula is C13H15NO5. The summed E-state index contributed by atoms with van der Waals surface area (Å²) >= 11 is 0. The SMILES string of the molecule is Cc1ccc(CC(=O)N[C@@H](CC(=O)O)C(=O)O)cc1. The molecule has 1 atom stereocenters. The molecule has 102 valence electrons. The number of carboxylic acid groups (broad SMARTS) is 2. The second-order valence-corrected chi connectivity index (χ2v) is 4.22. The summed E-state index contributed by atoms with van der Waals surface area (Å²) in [7, 11) is 0. The van der Waals surface area contributed by atoms with Gasteiger partial charge in [-0.15, -0.1) is 0 Å². The average molecular weight is 265 g/mol. The summed E-state index contributed by atoms with van der Waals surface area (Å²) in [4.78, 5) is 32.9. The highest BCUT2D eigenvalue weighted by Gasteiger charge is 2.22. The lowest BCUT2D eigenvalue weighted by Gasteiger charge is -2.12. The number of carboxylic acids is 2. The van der Waals surface area contributed by atoms with Gasteiger partial charge in [0.15, 0.2) is 0 Å². The third kappa shape index (κ3) is 5.20. The summed E-state index contributed by atoms with van der Waals surface area (Å²) in [5, 5.41) is 19.5. The van der Waals surface area contributed by atoms with Gasteiger partial charge in [0, 0.05) is 0 Å². The van der Waals surface area contributed by atoms with Crippen molar-refractivity contribution in [3.63, 3.8) is 0 Å². The van der Waals surface area contributed by atoms with Gasteiger partial charge >= 0.3 is 11.9 Å². The van der Waals surface area contributed by atoms with Gasteiger partial charge in [0.05, 0.1) is 12.8 Å². The lowest BCUT2D eigenvalue weighted by molar-refractivity contribution is -0.147. The maximum absolute atomic E-state index is 11.6. The molecule has 0 saturated heterocycles. The van der Waals surface area contributed by atoms with E-state index in [1.165, 1.54) is 0 Å². The van der Waals surface area contributed by atoms with Crippen molar-refractivity contribution in [1.82, 2.24) is 5.32 Å². The van der Waals surface area contributed by atoms with E-state index in [-0.39, 0.29) is 6.42 Å². The molecular weight excluding hydrogens is 250 g/mol. The lowest BCUT2D eigenvalue weighted by atomic mass is 10.1. The van der Waals surface area contributed by atoms with Gasteiger partial charge in [0.2, 0.25) is 5.91 Å². The third-order valence-electron chi connectivity index (χ3n) is 2.50. The standard InChI is InChI=1S/C13H15NO5/c1-8-2-4-9(5-3-8)6-11(15)14-10(13(18)19)7-12(16)17/h2-5,10H,6-7H2,1H3,(H,14,15)(H,16,17)(H,18,19)/t10-/m0/s1. The van der Waals surface area contributed by atoms with Gasteiger partial charge in [-0.25, -0.2) is 4.79 Å². The van der Waals surface area contributed by atoms with Crippen LogP contribution in [0.2, 0.25) is 0 Å². The highest BCUT2D eigenvalue weighted by molar-refractivity contribution is 5.87. The molecule has 0 radical (unpaired) electrons. The van der Waals surface area contributed by atoms with Crippen LogP contribution < -0.4 is 5.32 Å². The van der Waals surface area contributed by atoms with Crippen molar-refractivity contribution in [3.8, 4) is 0 Å². The second kappa shape index (κ2) is 6.53. The first kappa shape index (κ1) is 14.7. The molecule has 0 saturated carbocycles. The minimum atomic E-state index is -1.41. The first-order valence-electron chi connectivity index (χ1n) is 5.68. The molecule has 0 aromatic heterocycles. The molecule has 0 bridgehead atoms. The van der Waals surface area contributed by atoms with Crippen molar-refractivity contribution in [2.45, 2.75) is 25.8 Å². The average Bonchev–Trinajstić information content (AvgIpc) is 2.30. The molecule has 1 aromatic carbocycles. The maximum atomic E-state index is 11.6. The number of hydrogen-bond acceptors (Lipinski definition) is 3. The van der Waals surface area contributed by atoms with Crippen LogP contribution >= 0.6 is 0 Å². The van der Waals surface area contributed by atoms with Crippen LogP contribution in [0, 0.1) is 6.92 Å². The van der Waals surface area contributed by atoms with Crippen LogP contribution in [0.15, 0.2) is 24.3 Å². The smallest absolute Gasteiger partial charge is 0.326 e. The molecule has 1 aromatic rings. The summed E-state index contributed by atoms with van der Waals surface area (Å²) in [5.74, 6) is -3.15. The summed E-state index contributed by atoms with van der Waals surface area (Å²) in [6.07, 6.45) is -0.626. The summed E-state index contributed by atoms with van der Waals surface area (Å²) in [6.45, 7) is 1.91. The van der Waals surface area contributed by atoms with Crippen molar-refractivity contribution in [2.75, 3.05) is 0 Å². The minimum Gasteiger partial charge on any atom is -0.481 e. The Hall–Kier alpha value is -2.37. The molecule has 6 heteroatoms. The third-order valence-corrected chi connectivity index (χ3v) is 2.50. The Balaban J connectivity index is 2.59. The molecule has 19 heavy (non-hydrogen) atoms. The molecule has 0 spiro atoms. The number of aliphatic carboxylic acids is 2. The predicted octanol–water partition coefficient (Wildman–Crippen LogP) is 0.582. The topological polar surface area (TPSA) is 104 Å². The highest BCUT2D eigenvalue weighted by Crippen LogP contribution is 2.04. The molecule has 1 rings (SSSR count). The molecule has 0 fully saturated rings. The van der Waals surface area contributed by atoms with E-state index in [0.717, 1.165) is 11.1 Å². The zero-order valence-corrected chi connectivity index (χ0v) is 10.4. The van der Waals surface area contributed by atoms with Gasteiger partial charge in [-0.3, -0.25) is 9.59 Å². The monoisotopic (exact) mass is 265 g/mol. The van der Waals surface area contributed by atoms with Crippen LogP contribution in [0.4, 0.5) is 0 Å². The van der Waals surface area contributed by atoms with E-state index in [9.17, 15) is 14.4 Å². The fourth-order valence-corrected chi connectivity index (χ4v) is 1.51. The summed E-state index contributed by atoms with van der Waals surface area (Å²) in [6, 6.07) is 5.81. The van der Waals surface area contributed by atoms with Crippen LogP contribution in [0.1, 0.15) is 17.5 Å². The van der Waals surface area contributed by atoms with Crippen LogP contribution in [0.3, 0.4) is 0 Å². The van der Waals surface area contributed by atoms with Gasteiger partial charge < -0.3 is 15.5 Å². The zero-order chi connectivity index (χ0) is 14.4. The Morgan fingerprint density at radius 1 is 1.16 bits per heavy atom. The fraction of sp³-hybridized carbons (Fsp3) is 0.308. The van der Waals surface area contributed by atoms with E-state index in [1.807, 2.05) is 19.1 Å². The van der Waals surface area contributed by atoms with E-state index in [1.54, 1.807) is 12.1 Å². The van der Waals surface area contributed by atoms with E-state index in [4.69, 9.17) is 10.2 Å². The Kier molecular flexibility index (Phi) is 5.05. The summed E-state index contributed by atoms with van der Waals surface area (Å²) in [5.41, 5.74) is 1.79. The maximum Gasteiger partial charge on any atom is 0.326 e. The number of rotatable bonds is 6. The van der Waals surface area contributed by atoms with Crippen LogP contribution in [-0.2, 0) is 20.8 Å². The van der Waals surface area contributed by atoms with Crippen molar-refractivity contribution in [3.05, 3.63) is 35.4 Å². The lowest BCUT2D eigenvalue weighted by Crippen LogP contribution is -2.42. The van der Waals surface area contributed by atoms with E-state index in [0.29, 0.717) is 0 Å². The number of carbonyl (C=O) groups is 3. The molecule has 6 nitrogen and oxygen atoms in total. The largest absolute Gasteiger partial charge is 0.481 e. The Morgan fingerprint density at radius 2 is 1.74 bits per heavy atom. The van der Waals surface area contributed by atoms with Gasteiger partial charge in [-0.05, 0) is 12.5 Å². The molecule has 0 unspecified atom stereocenters. The number of carbonyl (C=O) groups excluding carboxylic acids is 1. The molecule has 0 aliphatic carbocycles. The highest BCUT2D eigenvalue weighted by atomic mass is 16.4. The van der Waals surface area contributed by atoms with Crippen molar-refractivity contribution >= 4 is 17.8 Å². The Bertz CT molecular complexity index is 480. The van der Waals surface area contributed by atoms with Crippen molar-refractivity contribution in [1.29, 1.82) is 0 Å². The summed E-state index contributed by atoms with van der Waals surface area (Å²) < 4.78 is 0. The van der Waals surface area contributed by atoms with Crippen LogP contribution in [0.25, 0.3) is 0 Å². The molecule has 0 aliphatic heterocycles. The quantitative estimate of drug-likeness (QED) is 0.698. The van der Waals surface area contributed by atoms with E-state index < -0.39 is 30.3 Å². The van der Waals surface area contributed by atoms with E-state index in [2.05, 4.69) is 5.32 Å². The number of aryl methyl sites for hydroxylation is 1. The van der Waals surface area contributed by atoms with Gasteiger partial charge in [0.25, 0.3) is 0 Å².